The molecule has 2 N–H and O–H groups in total. The van der Waals surface area contributed by atoms with Gasteiger partial charge in [0.05, 0.1) is 86.7 Å². The molecule has 25 nitrogen and oxygen atoms in total. The Morgan fingerprint density at radius 1 is 0.580 bits per heavy atom. The van der Waals surface area contributed by atoms with Crippen LogP contribution in [0, 0.1) is 34.0 Å². The largest absolute Gasteiger partial charge is 0.444 e. The number of nitrogens with zero attached hydrogens (tertiary/aromatic N) is 19. The Hall–Kier alpha value is -10.3. The standard InChI is InChI=1S/C23H27N7O2.C22H25N7O2.C18H19N7/c1-23(2,3)32-22(31)29-10-5-6-17(15-29)28(4)20-7-9-25-21(27-20)18-14-26-30-11-8-16(13-24)12-19(18)30;1-22(2,3)31-21(30)28-9-4-5-16(14-28)26-19-6-8-24-20(27-19)17-13-25-29-10-7-15(12-23)11-18(17)29;1-24(14-3-2-6-20-11-14)17-4-7-21-18(23-17)15-12-22-25-8-5-13(10-19)9-16(15)25/h7-9,11-12,14,17H,5-6,10,15H2,1-4H3;6-8,10-11,13,16H,4-5,9,14H2,1-3H3,(H,24,26,27);4-5,7-9,12,14,20H,2-3,6,11H2,1H3/t17-;16-;14-/m111/s1. The van der Waals surface area contributed by atoms with Gasteiger partial charge >= 0.3 is 12.2 Å². The third-order valence-corrected chi connectivity index (χ3v) is 15.2. The molecule has 3 fully saturated rings. The second-order valence-electron chi connectivity index (χ2n) is 23.8. The van der Waals surface area contributed by atoms with Crippen LogP contribution < -0.4 is 20.4 Å². The number of nitriles is 3. The van der Waals surface area contributed by atoms with Crippen molar-refractivity contribution in [2.45, 2.75) is 109 Å². The van der Waals surface area contributed by atoms with Gasteiger partial charge in [-0.15, -0.1) is 0 Å². The molecule has 0 spiro atoms. The molecular formula is C63H71N21O4. The topological polar surface area (TPSA) is 290 Å². The lowest BCUT2D eigenvalue weighted by molar-refractivity contribution is 0.0192. The maximum atomic E-state index is 12.5. The number of aromatic nitrogens is 12. The van der Waals surface area contributed by atoms with Gasteiger partial charge < -0.3 is 39.7 Å². The summed E-state index contributed by atoms with van der Waals surface area (Å²) in [6.45, 7) is 15.8. The molecule has 452 valence electrons. The zero-order chi connectivity index (χ0) is 62.1. The molecule has 0 bridgehead atoms. The Bertz CT molecular complexity index is 4080. The number of hydrogen-bond donors (Lipinski definition) is 2. The van der Waals surface area contributed by atoms with Crippen molar-refractivity contribution in [2.75, 3.05) is 68.5 Å². The van der Waals surface area contributed by atoms with Crippen LogP contribution in [0.3, 0.4) is 0 Å². The third kappa shape index (κ3) is 14.7. The first kappa shape index (κ1) is 60.8. The fourth-order valence-corrected chi connectivity index (χ4v) is 10.7. The van der Waals surface area contributed by atoms with Crippen molar-refractivity contribution < 1.29 is 19.1 Å². The van der Waals surface area contributed by atoms with Crippen molar-refractivity contribution in [1.82, 2.24) is 73.9 Å². The van der Waals surface area contributed by atoms with Gasteiger partial charge in [-0.1, -0.05) is 0 Å². The number of fused-ring (bicyclic) bond motifs is 3. The second kappa shape index (κ2) is 26.5. The highest BCUT2D eigenvalue weighted by Gasteiger charge is 2.31. The van der Waals surface area contributed by atoms with Crippen molar-refractivity contribution in [3.05, 3.63) is 127 Å². The highest BCUT2D eigenvalue weighted by molar-refractivity contribution is 5.79. The van der Waals surface area contributed by atoms with E-state index in [4.69, 9.17) is 24.7 Å². The van der Waals surface area contributed by atoms with E-state index >= 15 is 0 Å². The van der Waals surface area contributed by atoms with Gasteiger partial charge in [-0.3, -0.25) is 0 Å². The molecule has 0 radical (unpaired) electrons. The van der Waals surface area contributed by atoms with Crippen LogP contribution in [0.5, 0.6) is 0 Å². The van der Waals surface area contributed by atoms with Crippen LogP contribution in [0.25, 0.3) is 50.7 Å². The van der Waals surface area contributed by atoms with Crippen LogP contribution >= 0.6 is 0 Å². The molecule has 3 saturated heterocycles. The summed E-state index contributed by atoms with van der Waals surface area (Å²) in [4.78, 5) is 60.2. The van der Waals surface area contributed by atoms with E-state index in [1.54, 1.807) is 109 Å². The van der Waals surface area contributed by atoms with Gasteiger partial charge in [-0.25, -0.2) is 53.0 Å². The minimum absolute atomic E-state index is 0.0677. The Kier molecular flexibility index (Phi) is 18.3. The summed E-state index contributed by atoms with van der Waals surface area (Å²) >= 11 is 0. The molecule has 3 atom stereocenters. The number of nitrogens with one attached hydrogen (secondary N) is 2. The van der Waals surface area contributed by atoms with E-state index in [1.165, 1.54) is 6.42 Å². The van der Waals surface area contributed by atoms with Crippen LogP contribution in [0.1, 0.15) is 96.8 Å². The number of likely N-dealkylation sites (tertiary alicyclic amines) is 2. The molecule has 12 heterocycles. The fraction of sp³-hybridized carbons (Fsp3) is 0.397. The first-order valence-corrected chi connectivity index (χ1v) is 29.3. The van der Waals surface area contributed by atoms with E-state index in [-0.39, 0.29) is 24.3 Å². The molecular weight excluding hydrogens is 1110 g/mol. The summed E-state index contributed by atoms with van der Waals surface area (Å²) in [5.74, 6) is 4.03. The van der Waals surface area contributed by atoms with E-state index in [9.17, 15) is 20.1 Å². The van der Waals surface area contributed by atoms with E-state index in [0.717, 1.165) is 90.1 Å². The van der Waals surface area contributed by atoms with Crippen molar-refractivity contribution in [3.8, 4) is 52.4 Å². The van der Waals surface area contributed by atoms with Gasteiger partial charge in [0.2, 0.25) is 0 Å². The van der Waals surface area contributed by atoms with Crippen LogP contribution in [-0.4, -0.2) is 163 Å². The molecule has 12 rings (SSSR count). The van der Waals surface area contributed by atoms with E-state index in [2.05, 4.69) is 80.9 Å². The Morgan fingerprint density at radius 2 is 1.01 bits per heavy atom. The molecule has 2 amide bonds. The van der Waals surface area contributed by atoms with Gasteiger partial charge in [0.1, 0.15) is 28.7 Å². The minimum Gasteiger partial charge on any atom is -0.444 e. The quantitative estimate of drug-likeness (QED) is 0.136. The average molecular weight is 1190 g/mol. The summed E-state index contributed by atoms with van der Waals surface area (Å²) in [7, 11) is 4.06. The SMILES string of the molecule is CC(C)(C)OC(=O)N1CCC[C@@H](Nc2ccnc(-c3cnn4ccc(C#N)cc34)n2)C1.CN(c1ccnc(-c2cnn3ccc(C#N)cc23)n1)[C@@H]1CCCN(C(=O)OC(C)(C)C)C1.CN(c1ccnc(-c2cnn3ccc(C#N)cc23)n1)[C@@H]1CCCNC1. The lowest BCUT2D eigenvalue weighted by Crippen LogP contribution is -2.50. The van der Waals surface area contributed by atoms with Crippen molar-refractivity contribution in [3.63, 3.8) is 0 Å². The molecule has 9 aromatic rings. The summed E-state index contributed by atoms with van der Waals surface area (Å²) < 4.78 is 16.2. The smallest absolute Gasteiger partial charge is 0.410 e. The molecule has 0 saturated carbocycles. The summed E-state index contributed by atoms with van der Waals surface area (Å²) in [5.41, 5.74) is 5.38. The van der Waals surface area contributed by atoms with Gasteiger partial charge in [0.25, 0.3) is 0 Å². The predicted molar refractivity (Wildman–Crippen MR) is 331 cm³/mol. The van der Waals surface area contributed by atoms with Gasteiger partial charge in [-0.05, 0) is 141 Å². The second-order valence-corrected chi connectivity index (χ2v) is 23.8. The predicted octanol–water partition coefficient (Wildman–Crippen LogP) is 8.82. The highest BCUT2D eigenvalue weighted by atomic mass is 16.6. The first-order valence-electron chi connectivity index (χ1n) is 29.3. The average Bonchev–Trinajstić information content (AvgIpc) is 3.29. The first-order chi connectivity index (χ1) is 42.3. The van der Waals surface area contributed by atoms with Crippen molar-refractivity contribution in [2.24, 2.45) is 0 Å². The lowest BCUT2D eigenvalue weighted by atomic mass is 10.0. The number of anilines is 3. The number of pyridine rings is 3. The Morgan fingerprint density at radius 3 is 1.47 bits per heavy atom. The molecule has 88 heavy (non-hydrogen) atoms. The van der Waals surface area contributed by atoms with Gasteiger partial charge in [-0.2, -0.15) is 31.1 Å². The Balaban J connectivity index is 0.000000147. The maximum Gasteiger partial charge on any atom is 0.410 e. The molecule has 0 aliphatic carbocycles. The number of amides is 2. The lowest BCUT2D eigenvalue weighted by Gasteiger charge is -2.38. The normalized spacial score (nSPS) is 16.9. The minimum atomic E-state index is -0.517. The van der Waals surface area contributed by atoms with Gasteiger partial charge in [0, 0.05) is 102 Å². The van der Waals surface area contributed by atoms with Crippen LogP contribution in [0.2, 0.25) is 0 Å². The van der Waals surface area contributed by atoms with Crippen LogP contribution in [0.4, 0.5) is 27.0 Å². The number of carbonyl (C=O) groups excluding carboxylic acids is 2. The fourth-order valence-electron chi connectivity index (χ4n) is 10.7. The van der Waals surface area contributed by atoms with Crippen molar-refractivity contribution in [1.29, 1.82) is 15.8 Å². The number of piperidine rings is 3. The summed E-state index contributed by atoms with van der Waals surface area (Å²) in [6, 6.07) is 23.2. The van der Waals surface area contributed by atoms with E-state index in [1.807, 2.05) is 72.9 Å². The van der Waals surface area contributed by atoms with Crippen LogP contribution in [-0.2, 0) is 9.47 Å². The zero-order valence-electron chi connectivity index (χ0n) is 50.7. The monoisotopic (exact) mass is 1190 g/mol. The number of hydrogen-bond acceptors (Lipinski definition) is 20. The summed E-state index contributed by atoms with van der Waals surface area (Å²) in [6.07, 6.45) is 21.1. The molecule has 3 aliphatic heterocycles. The molecule has 3 aliphatic rings. The highest BCUT2D eigenvalue weighted by Crippen LogP contribution is 2.29. The molecule has 9 aromatic heterocycles. The number of likely N-dealkylation sites (N-methyl/N-ethyl adjacent to an activating group) is 2. The van der Waals surface area contributed by atoms with Crippen LogP contribution in [0.15, 0.2) is 110 Å². The molecule has 0 aromatic carbocycles. The number of carbonyl (C=O) groups is 2. The van der Waals surface area contributed by atoms with E-state index < -0.39 is 11.2 Å². The van der Waals surface area contributed by atoms with Gasteiger partial charge in [0.15, 0.2) is 17.5 Å². The van der Waals surface area contributed by atoms with E-state index in [0.29, 0.717) is 72.2 Å². The third-order valence-electron chi connectivity index (χ3n) is 15.2. The number of rotatable bonds is 9. The zero-order valence-corrected chi connectivity index (χ0v) is 50.7. The number of ether oxygens (including phenoxy) is 2. The molecule has 25 heteroatoms. The van der Waals surface area contributed by atoms with Crippen molar-refractivity contribution >= 4 is 46.2 Å². The summed E-state index contributed by atoms with van der Waals surface area (Å²) in [5, 5.41) is 47.4. The molecule has 0 unspecified atom stereocenters. The maximum absolute atomic E-state index is 12.5. The Labute approximate surface area is 510 Å².